The van der Waals surface area contributed by atoms with Gasteiger partial charge in [0, 0.05) is 12.1 Å². The van der Waals surface area contributed by atoms with E-state index >= 15 is 0 Å². The summed E-state index contributed by atoms with van der Waals surface area (Å²) < 4.78 is 17.8. The zero-order valence-electron chi connectivity index (χ0n) is 13.1. The van der Waals surface area contributed by atoms with E-state index in [-0.39, 0.29) is 35.3 Å². The molecule has 2 rings (SSSR count). The second-order valence-corrected chi connectivity index (χ2v) is 5.50. The third kappa shape index (κ3) is 5.06. The number of aryl methyl sites for hydroxylation is 1. The number of carbonyl (C=O) groups is 2. The quantitative estimate of drug-likeness (QED) is 0.794. The molecule has 0 heterocycles. The van der Waals surface area contributed by atoms with Crippen LogP contribution in [0.4, 0.5) is 10.1 Å². The van der Waals surface area contributed by atoms with Crippen LogP contribution in [-0.4, -0.2) is 18.5 Å². The monoisotopic (exact) mass is 349 g/mol. The van der Waals surface area contributed by atoms with Crippen LogP contribution in [0.5, 0.6) is 0 Å². The number of carbonyl (C=O) groups excluding carboxylic acids is 2. The lowest BCUT2D eigenvalue weighted by Crippen LogP contribution is -2.13. The Morgan fingerprint density at radius 2 is 1.88 bits per heavy atom. The summed E-state index contributed by atoms with van der Waals surface area (Å²) in [6.07, 6.45) is 0.730. The standard InChI is InChI=1S/C18H17ClFNO3/c1-2-24-18(23)15-11-14(8-9-16(15)19)21-17(22)10-5-12-3-6-13(20)7-4-12/h3-4,6-9,11H,2,5,10H2,1H3,(H,21,22). The fourth-order valence-electron chi connectivity index (χ4n) is 2.10. The molecule has 0 bridgehead atoms. The van der Waals surface area contributed by atoms with Gasteiger partial charge in [0.05, 0.1) is 17.2 Å². The molecule has 0 aliphatic heterocycles. The molecule has 0 saturated carbocycles. The molecule has 1 N–H and O–H groups in total. The third-order valence-corrected chi connectivity index (χ3v) is 3.63. The predicted octanol–water partition coefficient (Wildman–Crippen LogP) is 4.23. The number of anilines is 1. The minimum atomic E-state index is -0.537. The number of amides is 1. The van der Waals surface area contributed by atoms with E-state index in [0.29, 0.717) is 12.1 Å². The SMILES string of the molecule is CCOC(=O)c1cc(NC(=O)CCc2ccc(F)cc2)ccc1Cl. The molecule has 0 fully saturated rings. The first-order chi connectivity index (χ1) is 11.5. The topological polar surface area (TPSA) is 55.4 Å². The van der Waals surface area contributed by atoms with Gasteiger partial charge in [0.2, 0.25) is 5.91 Å². The molecule has 0 aromatic heterocycles. The van der Waals surface area contributed by atoms with Gasteiger partial charge in [-0.25, -0.2) is 9.18 Å². The van der Waals surface area contributed by atoms with Crippen LogP contribution in [0.15, 0.2) is 42.5 Å². The Labute approximate surface area is 144 Å². The van der Waals surface area contributed by atoms with E-state index in [1.807, 2.05) is 0 Å². The van der Waals surface area contributed by atoms with Crippen molar-refractivity contribution < 1.29 is 18.7 Å². The lowest BCUT2D eigenvalue weighted by molar-refractivity contribution is -0.116. The minimum absolute atomic E-state index is 0.204. The van der Waals surface area contributed by atoms with E-state index in [1.165, 1.54) is 24.3 Å². The maximum Gasteiger partial charge on any atom is 0.339 e. The first-order valence-electron chi connectivity index (χ1n) is 7.50. The van der Waals surface area contributed by atoms with Crippen molar-refractivity contribution in [2.75, 3.05) is 11.9 Å². The van der Waals surface area contributed by atoms with Crippen molar-refractivity contribution in [1.29, 1.82) is 0 Å². The maximum atomic E-state index is 12.8. The smallest absolute Gasteiger partial charge is 0.339 e. The van der Waals surface area contributed by atoms with Crippen molar-refractivity contribution >= 4 is 29.2 Å². The summed E-state index contributed by atoms with van der Waals surface area (Å²) in [5, 5.41) is 2.97. The third-order valence-electron chi connectivity index (χ3n) is 3.30. The van der Waals surface area contributed by atoms with E-state index in [0.717, 1.165) is 5.56 Å². The number of halogens is 2. The Morgan fingerprint density at radius 1 is 1.17 bits per heavy atom. The zero-order valence-corrected chi connectivity index (χ0v) is 13.9. The van der Waals surface area contributed by atoms with Crippen LogP contribution in [-0.2, 0) is 16.0 Å². The molecule has 1 amide bonds. The molecule has 0 aliphatic carbocycles. The highest BCUT2D eigenvalue weighted by Crippen LogP contribution is 2.21. The van der Waals surface area contributed by atoms with Crippen LogP contribution in [0, 0.1) is 5.82 Å². The summed E-state index contributed by atoms with van der Waals surface area (Å²) in [5.41, 5.74) is 1.54. The van der Waals surface area contributed by atoms with Crippen LogP contribution >= 0.6 is 11.6 Å². The minimum Gasteiger partial charge on any atom is -0.462 e. The van der Waals surface area contributed by atoms with Crippen molar-refractivity contribution in [3.63, 3.8) is 0 Å². The number of esters is 1. The summed E-state index contributed by atoms with van der Waals surface area (Å²) in [6, 6.07) is 10.6. The maximum absolute atomic E-state index is 12.8. The van der Waals surface area contributed by atoms with Gasteiger partial charge >= 0.3 is 5.97 Å². The second kappa shape index (κ2) is 8.45. The molecule has 0 unspecified atom stereocenters. The van der Waals surface area contributed by atoms with E-state index in [1.54, 1.807) is 25.1 Å². The molecule has 0 saturated heterocycles. The number of rotatable bonds is 6. The average molecular weight is 350 g/mol. The molecule has 6 heteroatoms. The predicted molar refractivity (Wildman–Crippen MR) is 90.8 cm³/mol. The molecule has 2 aromatic rings. The Balaban J connectivity index is 1.97. The van der Waals surface area contributed by atoms with Gasteiger partial charge in [-0.1, -0.05) is 23.7 Å². The first-order valence-corrected chi connectivity index (χ1v) is 7.88. The van der Waals surface area contributed by atoms with E-state index in [9.17, 15) is 14.0 Å². The van der Waals surface area contributed by atoms with Crippen LogP contribution in [0.1, 0.15) is 29.3 Å². The summed E-state index contributed by atoms with van der Waals surface area (Å²) >= 11 is 5.97. The number of hydrogen-bond acceptors (Lipinski definition) is 3. The van der Waals surface area contributed by atoms with Gasteiger partial charge in [-0.3, -0.25) is 4.79 Å². The Morgan fingerprint density at radius 3 is 2.54 bits per heavy atom. The molecule has 0 radical (unpaired) electrons. The van der Waals surface area contributed by atoms with Gasteiger partial charge in [0.15, 0.2) is 0 Å². The van der Waals surface area contributed by atoms with Crippen LogP contribution in [0.25, 0.3) is 0 Å². The highest BCUT2D eigenvalue weighted by atomic mass is 35.5. The number of benzene rings is 2. The lowest BCUT2D eigenvalue weighted by Gasteiger charge is -2.09. The summed E-state index contributed by atoms with van der Waals surface area (Å²) in [4.78, 5) is 23.8. The average Bonchev–Trinajstić information content (AvgIpc) is 2.56. The number of hydrogen-bond donors (Lipinski definition) is 1. The van der Waals surface area contributed by atoms with Gasteiger partial charge in [0.25, 0.3) is 0 Å². The highest BCUT2D eigenvalue weighted by molar-refractivity contribution is 6.33. The molecule has 0 spiro atoms. The normalized spacial score (nSPS) is 10.3. The van der Waals surface area contributed by atoms with Crippen LogP contribution < -0.4 is 5.32 Å². The van der Waals surface area contributed by atoms with Crippen molar-refractivity contribution in [2.24, 2.45) is 0 Å². The van der Waals surface area contributed by atoms with Crippen molar-refractivity contribution in [1.82, 2.24) is 0 Å². The Hall–Kier alpha value is -2.40. The van der Waals surface area contributed by atoms with E-state index in [2.05, 4.69) is 5.32 Å². The first kappa shape index (κ1) is 17.9. The highest BCUT2D eigenvalue weighted by Gasteiger charge is 2.13. The lowest BCUT2D eigenvalue weighted by atomic mass is 10.1. The number of ether oxygens (including phenoxy) is 1. The Bertz CT molecular complexity index is 732. The van der Waals surface area contributed by atoms with Crippen molar-refractivity contribution in [3.8, 4) is 0 Å². The van der Waals surface area contributed by atoms with Gasteiger partial charge < -0.3 is 10.1 Å². The molecular weight excluding hydrogens is 333 g/mol. The number of nitrogens with one attached hydrogen (secondary N) is 1. The fraction of sp³-hybridized carbons (Fsp3) is 0.222. The van der Waals surface area contributed by atoms with Gasteiger partial charge in [-0.05, 0) is 49.2 Å². The summed E-state index contributed by atoms with van der Waals surface area (Å²) in [5.74, 6) is -1.06. The van der Waals surface area contributed by atoms with E-state index in [4.69, 9.17) is 16.3 Å². The van der Waals surface area contributed by atoms with E-state index < -0.39 is 5.97 Å². The molecule has 4 nitrogen and oxygen atoms in total. The van der Waals surface area contributed by atoms with Crippen molar-refractivity contribution in [3.05, 3.63) is 64.4 Å². The summed E-state index contributed by atoms with van der Waals surface area (Å²) in [6.45, 7) is 1.94. The molecule has 0 atom stereocenters. The molecule has 126 valence electrons. The van der Waals surface area contributed by atoms with Crippen LogP contribution in [0.2, 0.25) is 5.02 Å². The zero-order chi connectivity index (χ0) is 17.5. The summed E-state index contributed by atoms with van der Waals surface area (Å²) in [7, 11) is 0. The van der Waals surface area contributed by atoms with Gasteiger partial charge in [-0.2, -0.15) is 0 Å². The van der Waals surface area contributed by atoms with Crippen LogP contribution in [0.3, 0.4) is 0 Å². The van der Waals surface area contributed by atoms with Gasteiger partial charge in [0.1, 0.15) is 5.82 Å². The largest absolute Gasteiger partial charge is 0.462 e. The van der Waals surface area contributed by atoms with Crippen molar-refractivity contribution in [2.45, 2.75) is 19.8 Å². The fourth-order valence-corrected chi connectivity index (χ4v) is 2.30. The molecular formula is C18H17ClFNO3. The molecule has 0 aliphatic rings. The Kier molecular flexibility index (Phi) is 6.32. The molecule has 24 heavy (non-hydrogen) atoms. The molecule has 2 aromatic carbocycles. The second-order valence-electron chi connectivity index (χ2n) is 5.09. The van der Waals surface area contributed by atoms with Gasteiger partial charge in [-0.15, -0.1) is 0 Å².